The Balaban J connectivity index is 1.69. The molecule has 1 aromatic rings. The van der Waals surface area contributed by atoms with E-state index >= 15 is 0 Å². The molecular weight excluding hydrogens is 382 g/mol. The minimum absolute atomic E-state index is 0.00456. The molecule has 8 nitrogen and oxygen atoms in total. The van der Waals surface area contributed by atoms with Gasteiger partial charge in [0.25, 0.3) is 0 Å². The van der Waals surface area contributed by atoms with Crippen molar-refractivity contribution in [2.45, 2.75) is 37.5 Å². The molecule has 3 rings (SSSR count). The fraction of sp³-hybridized carbons (Fsp3) is 0.579. The van der Waals surface area contributed by atoms with Crippen LogP contribution >= 0.6 is 0 Å². The molecule has 1 aliphatic carbocycles. The van der Waals surface area contributed by atoms with Gasteiger partial charge in [-0.2, -0.15) is 4.31 Å². The van der Waals surface area contributed by atoms with E-state index in [1.165, 1.54) is 23.5 Å². The standard InChI is InChI=1S/C19H27N3O5S/c1-13-10-15(13)19(24)20-12-18(23)21-14-6-7-16(27-2)17(11-14)28(25,26)22-8-4-3-5-9-22/h6-7,11,13,15H,3-5,8-10,12H2,1-2H3,(H,20,24)(H,21,23)/t13-,15-/m1/s1. The maximum atomic E-state index is 13.0. The first kappa shape index (κ1) is 20.6. The molecule has 28 heavy (non-hydrogen) atoms. The molecular formula is C19H27N3O5S. The summed E-state index contributed by atoms with van der Waals surface area (Å²) in [5.74, 6) is 0.0701. The van der Waals surface area contributed by atoms with Crippen molar-refractivity contribution in [2.75, 3.05) is 32.1 Å². The van der Waals surface area contributed by atoms with Crippen molar-refractivity contribution >= 4 is 27.5 Å². The Morgan fingerprint density at radius 2 is 1.89 bits per heavy atom. The van der Waals surface area contributed by atoms with Gasteiger partial charge in [0, 0.05) is 24.7 Å². The molecule has 2 amide bonds. The van der Waals surface area contributed by atoms with Crippen LogP contribution in [-0.4, -0.2) is 51.3 Å². The Kier molecular flexibility index (Phi) is 6.24. The predicted molar refractivity (Wildman–Crippen MR) is 105 cm³/mol. The fourth-order valence-corrected chi connectivity index (χ4v) is 5.09. The number of carbonyl (C=O) groups is 2. The predicted octanol–water partition coefficient (Wildman–Crippen LogP) is 1.58. The molecule has 1 aromatic carbocycles. The van der Waals surface area contributed by atoms with Gasteiger partial charge in [-0.15, -0.1) is 0 Å². The van der Waals surface area contributed by atoms with E-state index in [-0.39, 0.29) is 29.0 Å². The summed E-state index contributed by atoms with van der Waals surface area (Å²) in [5.41, 5.74) is 0.343. The van der Waals surface area contributed by atoms with E-state index in [2.05, 4.69) is 10.6 Å². The number of hydrogen-bond acceptors (Lipinski definition) is 5. The number of carbonyl (C=O) groups excluding carboxylic acids is 2. The quantitative estimate of drug-likeness (QED) is 0.711. The van der Waals surface area contributed by atoms with Crippen LogP contribution in [0.1, 0.15) is 32.6 Å². The van der Waals surface area contributed by atoms with Gasteiger partial charge in [0.2, 0.25) is 21.8 Å². The first-order valence-corrected chi connectivity index (χ1v) is 11.0. The largest absolute Gasteiger partial charge is 0.495 e. The van der Waals surface area contributed by atoms with Gasteiger partial charge in [0.05, 0.1) is 13.7 Å². The van der Waals surface area contributed by atoms with E-state index in [1.807, 2.05) is 6.92 Å². The Bertz CT molecular complexity index is 849. The highest BCUT2D eigenvalue weighted by atomic mass is 32.2. The lowest BCUT2D eigenvalue weighted by Gasteiger charge is -2.26. The fourth-order valence-electron chi connectivity index (χ4n) is 3.39. The van der Waals surface area contributed by atoms with Gasteiger partial charge in [-0.05, 0) is 43.4 Å². The highest BCUT2D eigenvalue weighted by Crippen LogP contribution is 2.37. The van der Waals surface area contributed by atoms with Crippen LogP contribution in [0.3, 0.4) is 0 Å². The Labute approximate surface area is 165 Å². The summed E-state index contributed by atoms with van der Waals surface area (Å²) >= 11 is 0. The minimum atomic E-state index is -3.71. The Morgan fingerprint density at radius 1 is 1.21 bits per heavy atom. The zero-order valence-corrected chi connectivity index (χ0v) is 17.0. The van der Waals surface area contributed by atoms with E-state index in [1.54, 1.807) is 6.07 Å². The third kappa shape index (κ3) is 4.64. The molecule has 154 valence electrons. The number of hydrogen-bond donors (Lipinski definition) is 2. The zero-order valence-electron chi connectivity index (χ0n) is 16.2. The summed E-state index contributed by atoms with van der Waals surface area (Å²) in [6.07, 6.45) is 3.53. The normalized spacial score (nSPS) is 22.4. The van der Waals surface area contributed by atoms with Crippen molar-refractivity contribution in [3.05, 3.63) is 18.2 Å². The van der Waals surface area contributed by atoms with Gasteiger partial charge in [-0.3, -0.25) is 9.59 Å². The summed E-state index contributed by atoms with van der Waals surface area (Å²) in [7, 11) is -2.30. The lowest BCUT2D eigenvalue weighted by molar-refractivity contribution is -0.125. The number of anilines is 1. The maximum absolute atomic E-state index is 13.0. The van der Waals surface area contributed by atoms with Gasteiger partial charge in [0.1, 0.15) is 10.6 Å². The van der Waals surface area contributed by atoms with Crippen LogP contribution in [0, 0.1) is 11.8 Å². The molecule has 0 aromatic heterocycles. The molecule has 1 aliphatic heterocycles. The van der Waals surface area contributed by atoms with Crippen LogP contribution in [0.15, 0.2) is 23.1 Å². The minimum Gasteiger partial charge on any atom is -0.495 e. The van der Waals surface area contributed by atoms with Crippen molar-refractivity contribution in [3.8, 4) is 5.75 Å². The van der Waals surface area contributed by atoms with Gasteiger partial charge in [-0.1, -0.05) is 13.3 Å². The summed E-state index contributed by atoms with van der Waals surface area (Å²) < 4.78 is 32.7. The number of amides is 2. The SMILES string of the molecule is COc1ccc(NC(=O)CNC(=O)[C@@H]2C[C@H]2C)cc1S(=O)(=O)N1CCCCC1. The molecule has 0 spiro atoms. The number of piperidine rings is 1. The molecule has 0 radical (unpaired) electrons. The van der Waals surface area contributed by atoms with Crippen LogP contribution in [0.2, 0.25) is 0 Å². The molecule has 0 unspecified atom stereocenters. The Morgan fingerprint density at radius 3 is 2.50 bits per heavy atom. The van der Waals surface area contributed by atoms with Crippen molar-refractivity contribution in [1.29, 1.82) is 0 Å². The average Bonchev–Trinajstić information content (AvgIpc) is 3.43. The maximum Gasteiger partial charge on any atom is 0.246 e. The summed E-state index contributed by atoms with van der Waals surface area (Å²) in [6, 6.07) is 4.51. The third-order valence-electron chi connectivity index (χ3n) is 5.25. The number of nitrogens with one attached hydrogen (secondary N) is 2. The number of benzene rings is 1. The second kappa shape index (κ2) is 8.48. The third-order valence-corrected chi connectivity index (χ3v) is 7.17. The van der Waals surface area contributed by atoms with E-state index < -0.39 is 15.9 Å². The lowest BCUT2D eigenvalue weighted by atomic mass is 10.2. The van der Waals surface area contributed by atoms with E-state index in [0.717, 1.165) is 25.7 Å². The smallest absolute Gasteiger partial charge is 0.246 e. The molecule has 9 heteroatoms. The number of rotatable bonds is 7. The first-order chi connectivity index (χ1) is 13.3. The molecule has 1 heterocycles. The summed E-state index contributed by atoms with van der Waals surface area (Å²) in [4.78, 5) is 24.0. The topological polar surface area (TPSA) is 105 Å². The van der Waals surface area contributed by atoms with Gasteiger partial charge in [0.15, 0.2) is 0 Å². The zero-order chi connectivity index (χ0) is 20.3. The molecule has 1 saturated heterocycles. The van der Waals surface area contributed by atoms with Crippen LogP contribution in [0.25, 0.3) is 0 Å². The molecule has 0 bridgehead atoms. The molecule has 2 aliphatic rings. The van der Waals surface area contributed by atoms with Crippen LogP contribution in [0.4, 0.5) is 5.69 Å². The van der Waals surface area contributed by atoms with Crippen LogP contribution in [0.5, 0.6) is 5.75 Å². The Hall–Kier alpha value is -2.13. The molecule has 2 atom stereocenters. The monoisotopic (exact) mass is 409 g/mol. The van der Waals surface area contributed by atoms with E-state index in [0.29, 0.717) is 24.7 Å². The number of ether oxygens (including phenoxy) is 1. The van der Waals surface area contributed by atoms with Crippen LogP contribution < -0.4 is 15.4 Å². The number of methoxy groups -OCH3 is 1. The average molecular weight is 410 g/mol. The molecule has 1 saturated carbocycles. The van der Waals surface area contributed by atoms with Gasteiger partial charge < -0.3 is 15.4 Å². The molecule has 2 fully saturated rings. The van der Waals surface area contributed by atoms with Crippen LogP contribution in [-0.2, 0) is 19.6 Å². The van der Waals surface area contributed by atoms with Crippen molar-refractivity contribution in [3.63, 3.8) is 0 Å². The van der Waals surface area contributed by atoms with Crippen molar-refractivity contribution in [2.24, 2.45) is 11.8 Å². The second-order valence-electron chi connectivity index (χ2n) is 7.42. The van der Waals surface area contributed by atoms with E-state index in [4.69, 9.17) is 4.74 Å². The van der Waals surface area contributed by atoms with Crippen molar-refractivity contribution in [1.82, 2.24) is 9.62 Å². The van der Waals surface area contributed by atoms with Gasteiger partial charge >= 0.3 is 0 Å². The lowest BCUT2D eigenvalue weighted by Crippen LogP contribution is -2.36. The molecule has 2 N–H and O–H groups in total. The highest BCUT2D eigenvalue weighted by molar-refractivity contribution is 7.89. The summed E-state index contributed by atoms with van der Waals surface area (Å²) in [6.45, 7) is 2.80. The number of sulfonamides is 1. The highest BCUT2D eigenvalue weighted by Gasteiger charge is 2.39. The van der Waals surface area contributed by atoms with E-state index in [9.17, 15) is 18.0 Å². The first-order valence-electron chi connectivity index (χ1n) is 9.58. The number of nitrogens with zero attached hydrogens (tertiary/aromatic N) is 1. The van der Waals surface area contributed by atoms with Crippen molar-refractivity contribution < 1.29 is 22.7 Å². The summed E-state index contributed by atoms with van der Waals surface area (Å²) in [5, 5.41) is 5.25. The van der Waals surface area contributed by atoms with Gasteiger partial charge in [-0.25, -0.2) is 8.42 Å². The second-order valence-corrected chi connectivity index (χ2v) is 9.32.